The molecule has 0 N–H and O–H groups in total. The van der Waals surface area contributed by atoms with Crippen LogP contribution in [0.1, 0.15) is 25.0 Å². The van der Waals surface area contributed by atoms with Crippen molar-refractivity contribution in [1.82, 2.24) is 14.5 Å². The van der Waals surface area contributed by atoms with Gasteiger partial charge in [-0.05, 0) is 55.3 Å². The van der Waals surface area contributed by atoms with Gasteiger partial charge >= 0.3 is 0 Å². The van der Waals surface area contributed by atoms with Crippen molar-refractivity contribution in [2.24, 2.45) is 0 Å². The number of rotatable bonds is 7. The van der Waals surface area contributed by atoms with Crippen LogP contribution in [0.15, 0.2) is 152 Å². The number of aromatic nitrogens is 3. The van der Waals surface area contributed by atoms with E-state index in [-0.39, 0.29) is 0 Å². The molecule has 0 saturated heterocycles. The number of hydrogen-bond acceptors (Lipinski definition) is 3. The molecule has 8 rings (SSSR count). The lowest BCUT2D eigenvalue weighted by Crippen LogP contribution is -2.04. The highest BCUT2D eigenvalue weighted by Gasteiger charge is 2.23. The summed E-state index contributed by atoms with van der Waals surface area (Å²) in [6, 6.07) is 40.7. The maximum Gasteiger partial charge on any atom is 0.235 e. The van der Waals surface area contributed by atoms with E-state index in [1.165, 1.54) is 36.5 Å². The fraction of sp³-hybridized carbons (Fsp3) is 0.0455. The number of allylic oxidation sites excluding steroid dienone is 6. The Labute approximate surface area is 284 Å². The van der Waals surface area contributed by atoms with E-state index in [1.54, 1.807) is 0 Å². The average molecular weight is 636 g/mol. The third kappa shape index (κ3) is 5.26. The monoisotopic (exact) mass is 635 g/mol. The van der Waals surface area contributed by atoms with Gasteiger partial charge in [0.25, 0.3) is 0 Å². The Morgan fingerprint density at radius 1 is 0.562 bits per heavy atom. The van der Waals surface area contributed by atoms with Gasteiger partial charge in [0.2, 0.25) is 5.95 Å². The minimum Gasteiger partial charge on any atom is -0.277 e. The summed E-state index contributed by atoms with van der Waals surface area (Å²) in [4.78, 5) is 10.7. The molecule has 48 heavy (non-hydrogen) atoms. The lowest BCUT2D eigenvalue weighted by atomic mass is 10.0. The minimum absolute atomic E-state index is 0.651. The van der Waals surface area contributed by atoms with E-state index in [0.29, 0.717) is 5.95 Å². The van der Waals surface area contributed by atoms with Gasteiger partial charge in [0.1, 0.15) is 0 Å². The number of fused-ring (bicyclic) bond motifs is 7. The molecule has 3 heterocycles. The number of thiophene rings is 1. The van der Waals surface area contributed by atoms with Crippen molar-refractivity contribution in [2.45, 2.75) is 13.8 Å². The summed E-state index contributed by atoms with van der Waals surface area (Å²) in [6.07, 6.45) is 16.9. The fourth-order valence-electron chi connectivity index (χ4n) is 6.50. The Kier molecular flexibility index (Phi) is 7.85. The zero-order chi connectivity index (χ0) is 32.5. The summed E-state index contributed by atoms with van der Waals surface area (Å²) in [7, 11) is 0. The van der Waals surface area contributed by atoms with Gasteiger partial charge in [0.05, 0.1) is 22.4 Å². The third-order valence-corrected chi connectivity index (χ3v) is 9.77. The number of hydrogen-bond donors (Lipinski definition) is 0. The molecule has 0 saturated carbocycles. The van der Waals surface area contributed by atoms with Crippen molar-refractivity contribution in [3.8, 4) is 28.5 Å². The van der Waals surface area contributed by atoms with Gasteiger partial charge < -0.3 is 0 Å². The highest BCUT2D eigenvalue weighted by molar-refractivity contribution is 7.26. The van der Waals surface area contributed by atoms with Gasteiger partial charge in [-0.2, -0.15) is 0 Å². The van der Waals surface area contributed by atoms with E-state index in [0.717, 1.165) is 39.1 Å². The Bertz CT molecular complexity index is 2510. The van der Waals surface area contributed by atoms with Crippen LogP contribution in [0.2, 0.25) is 0 Å². The summed E-state index contributed by atoms with van der Waals surface area (Å²) < 4.78 is 4.81. The first-order valence-electron chi connectivity index (χ1n) is 16.2. The second-order valence-corrected chi connectivity index (χ2v) is 12.8. The first-order chi connectivity index (χ1) is 23.7. The number of benzene rings is 5. The highest BCUT2D eigenvalue weighted by atomic mass is 32.1. The molecule has 0 aliphatic rings. The average Bonchev–Trinajstić information content (AvgIpc) is 3.68. The topological polar surface area (TPSA) is 30.7 Å². The predicted molar refractivity (Wildman–Crippen MR) is 208 cm³/mol. The van der Waals surface area contributed by atoms with Gasteiger partial charge in [-0.3, -0.25) is 4.57 Å². The van der Waals surface area contributed by atoms with Crippen molar-refractivity contribution in [1.29, 1.82) is 0 Å². The second kappa shape index (κ2) is 12.7. The summed E-state index contributed by atoms with van der Waals surface area (Å²) in [5, 5.41) is 4.83. The second-order valence-electron chi connectivity index (χ2n) is 11.7. The van der Waals surface area contributed by atoms with E-state index in [4.69, 9.17) is 9.97 Å². The highest BCUT2D eigenvalue weighted by Crippen LogP contribution is 2.45. The SMILES string of the molecule is C/C=C\C=C/c1ccc2c(c1)c1c(/C=C\C=C/C)cc3sc4ccccc4c3c1n2-c1nc(-c2ccccc2)cc(-c2ccccc2)n1. The lowest BCUT2D eigenvalue weighted by molar-refractivity contribution is 0.998. The van der Waals surface area contributed by atoms with Crippen LogP contribution in [0.5, 0.6) is 0 Å². The molecule has 5 aromatic carbocycles. The molecule has 0 atom stereocenters. The molecule has 0 aliphatic heterocycles. The van der Waals surface area contributed by atoms with Crippen LogP contribution in [0.3, 0.4) is 0 Å². The minimum atomic E-state index is 0.651. The molecule has 0 aliphatic carbocycles. The molecule has 0 radical (unpaired) electrons. The van der Waals surface area contributed by atoms with E-state index in [9.17, 15) is 0 Å². The molecule has 8 aromatic rings. The van der Waals surface area contributed by atoms with Gasteiger partial charge in [0, 0.05) is 42.1 Å². The van der Waals surface area contributed by atoms with Crippen molar-refractivity contribution in [3.63, 3.8) is 0 Å². The van der Waals surface area contributed by atoms with Crippen LogP contribution in [-0.2, 0) is 0 Å². The lowest BCUT2D eigenvalue weighted by Gasteiger charge is -2.12. The smallest absolute Gasteiger partial charge is 0.235 e. The summed E-state index contributed by atoms with van der Waals surface area (Å²) >= 11 is 1.84. The predicted octanol–water partition coefficient (Wildman–Crippen LogP) is 12.5. The molecule has 0 fully saturated rings. The molecular formula is C44H33N3S. The first kappa shape index (κ1) is 29.6. The van der Waals surface area contributed by atoms with E-state index >= 15 is 0 Å². The summed E-state index contributed by atoms with van der Waals surface area (Å²) in [5.41, 5.74) is 8.38. The first-order valence-corrected chi connectivity index (χ1v) is 17.1. The van der Waals surface area contributed by atoms with Crippen LogP contribution in [-0.4, -0.2) is 14.5 Å². The molecule has 0 amide bonds. The van der Waals surface area contributed by atoms with Crippen LogP contribution < -0.4 is 0 Å². The number of nitrogens with zero attached hydrogens (tertiary/aromatic N) is 3. The molecule has 3 aromatic heterocycles. The summed E-state index contributed by atoms with van der Waals surface area (Å²) in [6.45, 7) is 4.08. The Morgan fingerprint density at radius 2 is 1.21 bits per heavy atom. The zero-order valence-electron chi connectivity index (χ0n) is 26.8. The van der Waals surface area contributed by atoms with Gasteiger partial charge in [-0.15, -0.1) is 11.3 Å². The van der Waals surface area contributed by atoms with E-state index < -0.39 is 0 Å². The molecular weight excluding hydrogens is 603 g/mol. The largest absolute Gasteiger partial charge is 0.277 e. The molecule has 0 bridgehead atoms. The fourth-order valence-corrected chi connectivity index (χ4v) is 7.66. The van der Waals surface area contributed by atoms with Crippen molar-refractivity contribution in [2.75, 3.05) is 0 Å². The van der Waals surface area contributed by atoms with Gasteiger partial charge in [-0.1, -0.05) is 134 Å². The molecule has 230 valence electrons. The van der Waals surface area contributed by atoms with Gasteiger partial charge in [0.15, 0.2) is 0 Å². The maximum absolute atomic E-state index is 5.33. The Morgan fingerprint density at radius 3 is 1.90 bits per heavy atom. The van der Waals surface area contributed by atoms with E-state index in [1.807, 2.05) is 43.4 Å². The molecule has 0 spiro atoms. The quantitative estimate of drug-likeness (QED) is 0.163. The third-order valence-electron chi connectivity index (χ3n) is 8.65. The van der Waals surface area contributed by atoms with E-state index in [2.05, 4.69) is 150 Å². The standard InChI is InChI=1S/C44H33N3S/c1-3-5-9-17-30-25-26-38-35(27-30)41-33(22-10-6-4-2)28-40-42(34-23-15-16-24-39(34)48-40)43(41)47(38)44-45-36(31-18-11-7-12-19-31)29-37(46-44)32-20-13-8-14-21-32/h3-29H,1-2H3/b5-3-,6-4-,17-9-,22-10-. The van der Waals surface area contributed by atoms with Crippen LogP contribution in [0, 0.1) is 0 Å². The molecule has 4 heteroatoms. The van der Waals surface area contributed by atoms with Crippen LogP contribution >= 0.6 is 11.3 Å². The van der Waals surface area contributed by atoms with Crippen molar-refractivity contribution >= 4 is 65.5 Å². The van der Waals surface area contributed by atoms with Crippen molar-refractivity contribution < 1.29 is 0 Å². The molecule has 3 nitrogen and oxygen atoms in total. The van der Waals surface area contributed by atoms with Crippen LogP contribution in [0.4, 0.5) is 0 Å². The van der Waals surface area contributed by atoms with Crippen molar-refractivity contribution in [3.05, 3.63) is 163 Å². The zero-order valence-corrected chi connectivity index (χ0v) is 27.7. The van der Waals surface area contributed by atoms with Gasteiger partial charge in [-0.25, -0.2) is 9.97 Å². The Balaban J connectivity index is 1.56. The maximum atomic E-state index is 5.33. The Hall–Kier alpha value is -5.84. The normalized spacial score (nSPS) is 12.5. The summed E-state index contributed by atoms with van der Waals surface area (Å²) in [5.74, 6) is 0.651. The molecule has 0 unspecified atom stereocenters. The van der Waals surface area contributed by atoms with Crippen LogP contribution in [0.25, 0.3) is 82.6 Å².